The van der Waals surface area contributed by atoms with E-state index in [1.807, 2.05) is 30.1 Å². The first-order valence-electron chi connectivity index (χ1n) is 6.53. The molecule has 1 fully saturated rings. The van der Waals surface area contributed by atoms with Gasteiger partial charge in [0, 0.05) is 37.8 Å². The first-order valence-corrected chi connectivity index (χ1v) is 6.53. The van der Waals surface area contributed by atoms with Gasteiger partial charge in [-0.3, -0.25) is 4.79 Å². The maximum atomic E-state index is 11.9. The molecule has 98 valence electrons. The molecule has 2 N–H and O–H groups in total. The molecule has 4 heteroatoms. The fraction of sp³-hybridized carbons (Fsp3) is 0.500. The van der Waals surface area contributed by atoms with E-state index < -0.39 is 0 Å². The quantitative estimate of drug-likeness (QED) is 0.824. The van der Waals surface area contributed by atoms with Gasteiger partial charge in [-0.15, -0.1) is 0 Å². The van der Waals surface area contributed by atoms with Gasteiger partial charge in [0.15, 0.2) is 0 Å². The Labute approximate surface area is 108 Å². The van der Waals surface area contributed by atoms with E-state index in [-0.39, 0.29) is 5.91 Å². The highest BCUT2D eigenvalue weighted by molar-refractivity contribution is 5.76. The average Bonchev–Trinajstić information content (AvgIpc) is 2.86. The second-order valence-electron chi connectivity index (χ2n) is 4.69. The van der Waals surface area contributed by atoms with Gasteiger partial charge in [0.2, 0.25) is 5.91 Å². The fourth-order valence-corrected chi connectivity index (χ4v) is 2.26. The van der Waals surface area contributed by atoms with Crippen molar-refractivity contribution < 1.29 is 4.79 Å². The lowest BCUT2D eigenvalue weighted by Crippen LogP contribution is -2.33. The van der Waals surface area contributed by atoms with Crippen molar-refractivity contribution in [1.82, 2.24) is 10.2 Å². The largest absolute Gasteiger partial charge is 0.380 e. The van der Waals surface area contributed by atoms with Crippen molar-refractivity contribution in [2.45, 2.75) is 18.9 Å². The minimum absolute atomic E-state index is 0.252. The third-order valence-electron chi connectivity index (χ3n) is 3.27. The van der Waals surface area contributed by atoms with Gasteiger partial charge in [0.1, 0.15) is 0 Å². The van der Waals surface area contributed by atoms with Gasteiger partial charge in [-0.25, -0.2) is 0 Å². The first kappa shape index (κ1) is 12.9. The second kappa shape index (κ2) is 6.40. The van der Waals surface area contributed by atoms with E-state index in [1.54, 1.807) is 0 Å². The molecule has 1 amide bonds. The standard InChI is InChI=1S/C14H21N3O/c1-15-9-7-14(18)17-10-8-13(11-17)16-12-5-3-2-4-6-12/h2-6,13,15-16H,7-11H2,1H3. The number of nitrogens with one attached hydrogen (secondary N) is 2. The van der Waals surface area contributed by atoms with Crippen LogP contribution in [0.15, 0.2) is 30.3 Å². The molecule has 1 heterocycles. The molecule has 2 rings (SSSR count). The van der Waals surface area contributed by atoms with Crippen molar-refractivity contribution in [3.05, 3.63) is 30.3 Å². The summed E-state index contributed by atoms with van der Waals surface area (Å²) >= 11 is 0. The number of carbonyl (C=O) groups excluding carboxylic acids is 1. The Hall–Kier alpha value is -1.55. The first-order chi connectivity index (χ1) is 8.79. The maximum Gasteiger partial charge on any atom is 0.223 e. The predicted molar refractivity (Wildman–Crippen MR) is 73.6 cm³/mol. The number of anilines is 1. The van der Waals surface area contributed by atoms with Crippen LogP contribution in [-0.2, 0) is 4.79 Å². The summed E-state index contributed by atoms with van der Waals surface area (Å²) in [6, 6.07) is 10.6. The summed E-state index contributed by atoms with van der Waals surface area (Å²) in [6.45, 7) is 2.44. The number of nitrogens with zero attached hydrogens (tertiary/aromatic N) is 1. The molecule has 0 aliphatic carbocycles. The number of amides is 1. The zero-order chi connectivity index (χ0) is 12.8. The molecule has 0 spiro atoms. The van der Waals surface area contributed by atoms with Crippen molar-refractivity contribution in [2.75, 3.05) is 32.0 Å². The molecule has 0 radical (unpaired) electrons. The predicted octanol–water partition coefficient (Wildman–Crippen LogP) is 1.31. The summed E-state index contributed by atoms with van der Waals surface area (Å²) in [5.41, 5.74) is 1.13. The summed E-state index contributed by atoms with van der Waals surface area (Å²) < 4.78 is 0. The Morgan fingerprint density at radius 3 is 2.89 bits per heavy atom. The highest BCUT2D eigenvalue weighted by Gasteiger charge is 2.25. The minimum atomic E-state index is 0.252. The molecule has 1 aromatic carbocycles. The number of carbonyl (C=O) groups is 1. The molecule has 1 atom stereocenters. The van der Waals surface area contributed by atoms with Crippen LogP contribution in [0.4, 0.5) is 5.69 Å². The number of likely N-dealkylation sites (tertiary alicyclic amines) is 1. The van der Waals surface area contributed by atoms with E-state index in [2.05, 4.69) is 22.8 Å². The number of hydrogen-bond donors (Lipinski definition) is 2. The van der Waals surface area contributed by atoms with Crippen LogP contribution < -0.4 is 10.6 Å². The van der Waals surface area contributed by atoms with Gasteiger partial charge in [0.25, 0.3) is 0 Å². The van der Waals surface area contributed by atoms with Gasteiger partial charge in [0.05, 0.1) is 0 Å². The van der Waals surface area contributed by atoms with Crippen molar-refractivity contribution in [3.8, 4) is 0 Å². The van der Waals surface area contributed by atoms with Gasteiger partial charge in [-0.2, -0.15) is 0 Å². The van der Waals surface area contributed by atoms with Crippen molar-refractivity contribution in [2.24, 2.45) is 0 Å². The number of para-hydroxylation sites is 1. The lowest BCUT2D eigenvalue weighted by Gasteiger charge is -2.17. The zero-order valence-electron chi connectivity index (χ0n) is 10.9. The topological polar surface area (TPSA) is 44.4 Å². The molecular formula is C14H21N3O. The Morgan fingerprint density at radius 1 is 1.39 bits per heavy atom. The molecule has 0 bridgehead atoms. The van der Waals surface area contributed by atoms with Crippen LogP contribution in [0.5, 0.6) is 0 Å². The molecule has 4 nitrogen and oxygen atoms in total. The summed E-state index contributed by atoms with van der Waals surface area (Å²) in [5.74, 6) is 0.252. The Balaban J connectivity index is 1.80. The maximum absolute atomic E-state index is 11.9. The summed E-state index contributed by atoms with van der Waals surface area (Å²) in [6.07, 6.45) is 1.62. The third-order valence-corrected chi connectivity index (χ3v) is 3.27. The van der Waals surface area contributed by atoms with Crippen LogP contribution in [0.2, 0.25) is 0 Å². The van der Waals surface area contributed by atoms with Crippen LogP contribution in [-0.4, -0.2) is 43.5 Å². The highest BCUT2D eigenvalue weighted by atomic mass is 16.2. The van der Waals surface area contributed by atoms with Gasteiger partial charge in [-0.05, 0) is 25.6 Å². The fourth-order valence-electron chi connectivity index (χ4n) is 2.26. The Kier molecular flexibility index (Phi) is 4.59. The van der Waals surface area contributed by atoms with E-state index in [0.717, 1.165) is 31.7 Å². The zero-order valence-corrected chi connectivity index (χ0v) is 10.9. The summed E-state index contributed by atoms with van der Waals surface area (Å²) in [7, 11) is 1.87. The van der Waals surface area contributed by atoms with Gasteiger partial charge >= 0.3 is 0 Å². The molecule has 1 saturated heterocycles. The van der Waals surface area contributed by atoms with Crippen LogP contribution in [0.3, 0.4) is 0 Å². The SMILES string of the molecule is CNCCC(=O)N1CCC(Nc2ccccc2)C1. The third kappa shape index (κ3) is 3.47. The lowest BCUT2D eigenvalue weighted by atomic mass is 10.2. The average molecular weight is 247 g/mol. The van der Waals surface area contributed by atoms with E-state index in [0.29, 0.717) is 12.5 Å². The smallest absolute Gasteiger partial charge is 0.223 e. The van der Waals surface area contributed by atoms with Crippen LogP contribution in [0.25, 0.3) is 0 Å². The minimum Gasteiger partial charge on any atom is -0.380 e. The van der Waals surface area contributed by atoms with Crippen LogP contribution in [0.1, 0.15) is 12.8 Å². The number of rotatable bonds is 5. The Bertz CT molecular complexity index is 380. The highest BCUT2D eigenvalue weighted by Crippen LogP contribution is 2.16. The number of benzene rings is 1. The molecule has 1 aromatic rings. The van der Waals surface area contributed by atoms with Crippen molar-refractivity contribution >= 4 is 11.6 Å². The van der Waals surface area contributed by atoms with E-state index in [4.69, 9.17) is 0 Å². The molecule has 0 saturated carbocycles. The monoisotopic (exact) mass is 247 g/mol. The van der Waals surface area contributed by atoms with E-state index >= 15 is 0 Å². The number of hydrogen-bond acceptors (Lipinski definition) is 3. The van der Waals surface area contributed by atoms with Crippen molar-refractivity contribution in [3.63, 3.8) is 0 Å². The molecular weight excluding hydrogens is 226 g/mol. The molecule has 18 heavy (non-hydrogen) atoms. The molecule has 1 unspecified atom stereocenters. The summed E-state index contributed by atoms with van der Waals surface area (Å²) in [5, 5.41) is 6.48. The molecule has 1 aliphatic rings. The second-order valence-corrected chi connectivity index (χ2v) is 4.69. The van der Waals surface area contributed by atoms with E-state index in [1.165, 1.54) is 0 Å². The lowest BCUT2D eigenvalue weighted by molar-refractivity contribution is -0.130. The Morgan fingerprint density at radius 2 is 2.17 bits per heavy atom. The summed E-state index contributed by atoms with van der Waals surface area (Å²) in [4.78, 5) is 13.8. The molecule has 1 aliphatic heterocycles. The van der Waals surface area contributed by atoms with Crippen molar-refractivity contribution in [1.29, 1.82) is 0 Å². The van der Waals surface area contributed by atoms with Gasteiger partial charge in [-0.1, -0.05) is 18.2 Å². The van der Waals surface area contributed by atoms with Gasteiger partial charge < -0.3 is 15.5 Å². The van der Waals surface area contributed by atoms with Crippen LogP contribution >= 0.6 is 0 Å². The molecule has 0 aromatic heterocycles. The normalized spacial score (nSPS) is 18.9. The van der Waals surface area contributed by atoms with Crippen LogP contribution in [0, 0.1) is 0 Å². The van der Waals surface area contributed by atoms with E-state index in [9.17, 15) is 4.79 Å².